The van der Waals surface area contributed by atoms with E-state index in [2.05, 4.69) is 25.6 Å². The second-order valence-electron chi connectivity index (χ2n) is 9.98. The van der Waals surface area contributed by atoms with E-state index in [-0.39, 0.29) is 23.6 Å². The Bertz CT molecular complexity index is 1670. The Morgan fingerprint density at radius 1 is 1.07 bits per heavy atom. The van der Waals surface area contributed by atoms with Crippen molar-refractivity contribution in [1.82, 2.24) is 24.8 Å². The topological polar surface area (TPSA) is 159 Å². The number of aromatic carboxylic acids is 1. The van der Waals surface area contributed by atoms with Crippen molar-refractivity contribution in [3.05, 3.63) is 90.0 Å². The lowest BCUT2D eigenvalue weighted by atomic mass is 10.1. The molecule has 2 aromatic heterocycles. The Hall–Kier alpha value is -4.76. The van der Waals surface area contributed by atoms with Gasteiger partial charge in [0, 0.05) is 12.1 Å². The summed E-state index contributed by atoms with van der Waals surface area (Å²) in [7, 11) is 0. The fourth-order valence-corrected chi connectivity index (χ4v) is 5.16. The summed E-state index contributed by atoms with van der Waals surface area (Å²) in [5, 5.41) is 14.8. The maximum absolute atomic E-state index is 15.2. The molecule has 0 spiro atoms. The number of carbonyl (C=O) groups excluding carboxylic acids is 1. The molecule has 14 heteroatoms. The van der Waals surface area contributed by atoms with Crippen LogP contribution in [0, 0.1) is 0 Å². The molecule has 0 radical (unpaired) electrons. The quantitative estimate of drug-likeness (QED) is 0.241. The summed E-state index contributed by atoms with van der Waals surface area (Å²) in [6.07, 6.45) is 0.679. The van der Waals surface area contributed by atoms with E-state index in [1.165, 1.54) is 36.9 Å². The first-order valence-corrected chi connectivity index (χ1v) is 13.9. The van der Waals surface area contributed by atoms with Gasteiger partial charge in [-0.05, 0) is 24.6 Å². The molecule has 0 saturated carbocycles. The average Bonchev–Trinajstić information content (AvgIpc) is 3.74. The molecule has 13 nitrogen and oxygen atoms in total. The van der Waals surface area contributed by atoms with Crippen molar-refractivity contribution < 1.29 is 38.0 Å². The summed E-state index contributed by atoms with van der Waals surface area (Å²) >= 11 is 0. The number of hydrogen-bond acceptors (Lipinski definition) is 9. The molecule has 6 rings (SSSR count). The number of alkyl halides is 1. The van der Waals surface area contributed by atoms with Gasteiger partial charge in [0.15, 0.2) is 29.5 Å². The number of rotatable bonds is 10. The largest absolute Gasteiger partial charge is 0.478 e. The normalized spacial score (nSPS) is 23.5. The molecule has 44 heavy (non-hydrogen) atoms. The van der Waals surface area contributed by atoms with Gasteiger partial charge in [-0.1, -0.05) is 54.6 Å². The molecule has 2 saturated heterocycles. The van der Waals surface area contributed by atoms with Crippen LogP contribution in [0.1, 0.15) is 41.0 Å². The molecule has 0 aliphatic carbocycles. The maximum Gasteiger partial charge on any atom is 0.336 e. The number of aromatic nitrogens is 4. The second kappa shape index (κ2) is 12.9. The van der Waals surface area contributed by atoms with Crippen molar-refractivity contribution in [2.75, 3.05) is 18.5 Å². The van der Waals surface area contributed by atoms with E-state index in [0.717, 1.165) is 5.56 Å². The predicted octanol–water partition coefficient (Wildman–Crippen LogP) is 4.07. The summed E-state index contributed by atoms with van der Waals surface area (Å²) in [4.78, 5) is 36.6. The minimum Gasteiger partial charge on any atom is -0.478 e. The number of carboxylic acids is 1. The van der Waals surface area contributed by atoms with Crippen LogP contribution in [0.2, 0.25) is 0 Å². The number of imidazole rings is 1. The van der Waals surface area contributed by atoms with Gasteiger partial charge in [-0.15, -0.1) is 0 Å². The van der Waals surface area contributed by atoms with Gasteiger partial charge in [-0.2, -0.15) is 0 Å². The summed E-state index contributed by atoms with van der Waals surface area (Å²) in [6.45, 7) is 1.95. The average molecular weight is 605 g/mol. The zero-order chi connectivity index (χ0) is 30.6. The molecule has 3 N–H and O–H groups in total. The molecule has 2 amide bonds. The number of fused-ring (bicyclic) bond motifs is 2. The highest BCUT2D eigenvalue weighted by Gasteiger charge is 2.53. The van der Waals surface area contributed by atoms with Crippen molar-refractivity contribution in [2.24, 2.45) is 0 Å². The van der Waals surface area contributed by atoms with Crippen molar-refractivity contribution in [3.63, 3.8) is 0 Å². The number of nitrogens with zero attached hydrogens (tertiary/aromatic N) is 4. The third-order valence-electron chi connectivity index (χ3n) is 7.16. The molecule has 6 atom stereocenters. The van der Waals surface area contributed by atoms with E-state index in [1.54, 1.807) is 17.6 Å². The molecule has 4 aromatic rings. The van der Waals surface area contributed by atoms with Crippen molar-refractivity contribution >= 4 is 35.1 Å². The van der Waals surface area contributed by atoms with E-state index >= 15 is 4.39 Å². The second-order valence-corrected chi connectivity index (χ2v) is 9.98. The number of carbonyl (C=O) groups is 2. The van der Waals surface area contributed by atoms with Crippen molar-refractivity contribution in [1.29, 1.82) is 0 Å². The van der Waals surface area contributed by atoms with E-state index in [1.807, 2.05) is 36.4 Å². The lowest BCUT2D eigenvalue weighted by Gasteiger charge is -2.21. The van der Waals surface area contributed by atoms with Gasteiger partial charge in [-0.3, -0.25) is 9.88 Å². The number of urea groups is 1. The Morgan fingerprint density at radius 2 is 1.84 bits per heavy atom. The van der Waals surface area contributed by atoms with Crippen LogP contribution in [0.15, 0.2) is 73.3 Å². The summed E-state index contributed by atoms with van der Waals surface area (Å²) in [5.41, 5.74) is 1.33. The smallest absolute Gasteiger partial charge is 0.336 e. The van der Waals surface area contributed by atoms with Crippen molar-refractivity contribution in [3.8, 4) is 0 Å². The lowest BCUT2D eigenvalue weighted by molar-refractivity contribution is -0.154. The minimum absolute atomic E-state index is 0.109. The standard InChI is InChI=1S/C30H29FN6O7/c1-2-32-30(40)36-26-22-27(34-15-33-26)37(16-35-22)28-24-23(43-21(44-24)13-12-17-8-4-3-5-9-17)20(42-28)14-41-25(31)18-10-6-7-11-19(18)29(38)39/h3-13,15-16,20-21,23-25,28H,2,14H2,1H3,(H,38,39)(H2,32,33,34,36,40)/b13-12+/t20?,21-,23?,24?,25?,28?/m0/s1. The van der Waals surface area contributed by atoms with Gasteiger partial charge in [-0.25, -0.2) is 28.9 Å². The fourth-order valence-electron chi connectivity index (χ4n) is 5.16. The number of anilines is 1. The molecule has 228 valence electrons. The molecular weight excluding hydrogens is 575 g/mol. The number of hydrogen-bond donors (Lipinski definition) is 3. The first kappa shape index (κ1) is 29.3. The third-order valence-corrected chi connectivity index (χ3v) is 7.16. The van der Waals surface area contributed by atoms with Gasteiger partial charge in [0.2, 0.25) is 6.36 Å². The van der Waals surface area contributed by atoms with Gasteiger partial charge in [0.1, 0.15) is 24.6 Å². The number of benzene rings is 2. The van der Waals surface area contributed by atoms with Gasteiger partial charge in [0.25, 0.3) is 0 Å². The lowest BCUT2D eigenvalue weighted by Crippen LogP contribution is -2.32. The molecule has 5 unspecified atom stereocenters. The van der Waals surface area contributed by atoms with Gasteiger partial charge in [0.05, 0.1) is 18.5 Å². The molecule has 2 aliphatic heterocycles. The summed E-state index contributed by atoms with van der Waals surface area (Å²) in [5.74, 6) is -1.06. The predicted molar refractivity (Wildman–Crippen MR) is 154 cm³/mol. The monoisotopic (exact) mass is 604 g/mol. The van der Waals surface area contributed by atoms with Crippen molar-refractivity contribution in [2.45, 2.75) is 44.1 Å². The molecule has 2 aliphatic rings. The third kappa shape index (κ3) is 6.01. The van der Waals surface area contributed by atoms with Crippen LogP contribution in [0.4, 0.5) is 15.0 Å². The van der Waals surface area contributed by atoms with E-state index in [0.29, 0.717) is 17.7 Å². The highest BCUT2D eigenvalue weighted by Crippen LogP contribution is 2.41. The van der Waals surface area contributed by atoms with E-state index < -0.39 is 49.2 Å². The molecule has 2 fully saturated rings. The number of nitrogens with one attached hydrogen (secondary N) is 2. The Labute approximate surface area is 250 Å². The zero-order valence-electron chi connectivity index (χ0n) is 23.4. The van der Waals surface area contributed by atoms with Crippen LogP contribution >= 0.6 is 0 Å². The first-order chi connectivity index (χ1) is 21.4. The van der Waals surface area contributed by atoms with Gasteiger partial charge < -0.3 is 29.4 Å². The zero-order valence-corrected chi connectivity index (χ0v) is 23.4. The number of amides is 2. The summed E-state index contributed by atoms with van der Waals surface area (Å²) < 4.78 is 41.1. The molecule has 2 aromatic carbocycles. The van der Waals surface area contributed by atoms with Gasteiger partial charge >= 0.3 is 12.0 Å². The number of carboxylic acid groups (broad SMARTS) is 1. The Morgan fingerprint density at radius 3 is 2.64 bits per heavy atom. The highest BCUT2D eigenvalue weighted by molar-refractivity contribution is 5.95. The SMILES string of the molecule is CCNC(=O)Nc1ncnc2c1ncn2C1OC(COC(F)c2ccccc2C(=O)O)C2O[C@H](/C=C/c3ccccc3)OC21. The van der Waals surface area contributed by atoms with Crippen LogP contribution in [-0.4, -0.2) is 74.4 Å². The highest BCUT2D eigenvalue weighted by atomic mass is 19.1. The maximum atomic E-state index is 15.2. The minimum atomic E-state index is -2.02. The Kier molecular flexibility index (Phi) is 8.56. The molecule has 0 bridgehead atoms. The molecular formula is C30H29FN6O7. The van der Waals surface area contributed by atoms with Crippen LogP contribution in [0.5, 0.6) is 0 Å². The first-order valence-electron chi connectivity index (χ1n) is 13.9. The van der Waals surface area contributed by atoms with Crippen LogP contribution in [-0.2, 0) is 18.9 Å². The van der Waals surface area contributed by atoms with Crippen LogP contribution in [0.25, 0.3) is 17.2 Å². The molecule has 4 heterocycles. The van der Waals surface area contributed by atoms with E-state index in [9.17, 15) is 14.7 Å². The number of halogens is 1. The van der Waals surface area contributed by atoms with E-state index in [4.69, 9.17) is 18.9 Å². The Balaban J connectivity index is 1.26. The van der Waals surface area contributed by atoms with Crippen LogP contribution < -0.4 is 10.6 Å². The number of ether oxygens (including phenoxy) is 4. The fraction of sp³-hybridized carbons (Fsp3) is 0.300. The summed E-state index contributed by atoms with van der Waals surface area (Å²) in [6, 6.07) is 14.9. The van der Waals surface area contributed by atoms with Crippen LogP contribution in [0.3, 0.4) is 0 Å².